The standard InChI is InChI=1S/C7H10O3P/c1-6-2-4-7(5-3-6)11(8,9)10/h2-5,8-10H,1H3/q+1. The fourth-order valence-electron chi connectivity index (χ4n) is 0.745. The third-order valence-electron chi connectivity index (χ3n) is 1.38. The van der Waals surface area contributed by atoms with Crippen LogP contribution in [-0.4, -0.2) is 14.7 Å². The summed E-state index contributed by atoms with van der Waals surface area (Å²) in [6.45, 7) is 1.88. The van der Waals surface area contributed by atoms with E-state index in [0.29, 0.717) is 0 Å². The van der Waals surface area contributed by atoms with E-state index in [-0.39, 0.29) is 5.30 Å². The molecule has 0 heterocycles. The lowest BCUT2D eigenvalue weighted by atomic mass is 10.2. The highest BCUT2D eigenvalue weighted by Gasteiger charge is 2.33. The Morgan fingerprint density at radius 1 is 1.00 bits per heavy atom. The first kappa shape index (κ1) is 8.62. The van der Waals surface area contributed by atoms with Gasteiger partial charge in [-0.3, -0.25) is 0 Å². The van der Waals surface area contributed by atoms with E-state index in [1.165, 1.54) is 12.1 Å². The summed E-state index contributed by atoms with van der Waals surface area (Å²) in [7, 11) is -3.79. The summed E-state index contributed by atoms with van der Waals surface area (Å²) in [5.41, 5.74) is 1.02. The maximum atomic E-state index is 8.80. The molecular weight excluding hydrogens is 163 g/mol. The van der Waals surface area contributed by atoms with Crippen LogP contribution in [0.2, 0.25) is 0 Å². The Hall–Kier alpha value is -0.470. The molecule has 0 aliphatic rings. The molecule has 0 amide bonds. The second kappa shape index (κ2) is 2.88. The molecule has 3 N–H and O–H groups in total. The van der Waals surface area contributed by atoms with Gasteiger partial charge in [-0.2, -0.15) is 14.7 Å². The van der Waals surface area contributed by atoms with Crippen LogP contribution in [0.3, 0.4) is 0 Å². The number of aryl methyl sites for hydroxylation is 1. The lowest BCUT2D eigenvalue weighted by Gasteiger charge is -2.02. The van der Waals surface area contributed by atoms with Crippen LogP contribution in [0.4, 0.5) is 0 Å². The van der Waals surface area contributed by atoms with Crippen molar-refractivity contribution in [1.29, 1.82) is 0 Å². The van der Waals surface area contributed by atoms with Crippen molar-refractivity contribution in [2.75, 3.05) is 0 Å². The van der Waals surface area contributed by atoms with Gasteiger partial charge in [0.05, 0.1) is 0 Å². The van der Waals surface area contributed by atoms with Crippen molar-refractivity contribution in [1.82, 2.24) is 0 Å². The lowest BCUT2D eigenvalue weighted by molar-refractivity contribution is 0.347. The zero-order valence-corrected chi connectivity index (χ0v) is 6.99. The van der Waals surface area contributed by atoms with E-state index in [1.54, 1.807) is 12.1 Å². The molecule has 0 unspecified atom stereocenters. The summed E-state index contributed by atoms with van der Waals surface area (Å²) in [6, 6.07) is 6.44. The largest absolute Gasteiger partial charge is 0.440 e. The Morgan fingerprint density at radius 2 is 1.45 bits per heavy atom. The molecule has 0 atom stereocenters. The molecule has 0 aliphatic heterocycles. The van der Waals surface area contributed by atoms with Gasteiger partial charge in [0.25, 0.3) is 0 Å². The van der Waals surface area contributed by atoms with Crippen molar-refractivity contribution in [2.45, 2.75) is 6.92 Å². The van der Waals surface area contributed by atoms with Gasteiger partial charge in [0.1, 0.15) is 0 Å². The number of benzene rings is 1. The Morgan fingerprint density at radius 3 is 1.82 bits per heavy atom. The summed E-state index contributed by atoms with van der Waals surface area (Å²) in [4.78, 5) is 26.4. The van der Waals surface area contributed by atoms with Crippen LogP contribution in [-0.2, 0) is 0 Å². The molecule has 0 saturated carbocycles. The molecule has 4 heteroatoms. The molecule has 60 valence electrons. The van der Waals surface area contributed by atoms with Gasteiger partial charge in [-0.1, -0.05) is 17.7 Å². The van der Waals surface area contributed by atoms with Crippen LogP contribution in [0.1, 0.15) is 5.56 Å². The third kappa shape index (κ3) is 2.24. The van der Waals surface area contributed by atoms with E-state index in [0.717, 1.165) is 5.56 Å². The SMILES string of the molecule is Cc1ccc([P+](O)(O)O)cc1. The maximum absolute atomic E-state index is 8.80. The summed E-state index contributed by atoms with van der Waals surface area (Å²) in [5.74, 6) is 0. The monoisotopic (exact) mass is 173 g/mol. The van der Waals surface area contributed by atoms with E-state index in [4.69, 9.17) is 14.7 Å². The van der Waals surface area contributed by atoms with Gasteiger partial charge < -0.3 is 0 Å². The molecule has 0 bridgehead atoms. The molecule has 0 saturated heterocycles. The summed E-state index contributed by atoms with van der Waals surface area (Å²) < 4.78 is 0. The van der Waals surface area contributed by atoms with Gasteiger partial charge in [0, 0.05) is 0 Å². The van der Waals surface area contributed by atoms with Crippen molar-refractivity contribution in [3.05, 3.63) is 29.8 Å². The molecule has 3 nitrogen and oxygen atoms in total. The second-order valence-corrected chi connectivity index (χ2v) is 4.06. The van der Waals surface area contributed by atoms with Gasteiger partial charge in [-0.25, -0.2) is 0 Å². The Balaban J connectivity index is 2.99. The van der Waals surface area contributed by atoms with Crippen LogP contribution in [0, 0.1) is 6.92 Å². The highest BCUT2D eigenvalue weighted by molar-refractivity contribution is 7.66. The fourth-order valence-corrected chi connectivity index (χ4v) is 1.29. The average Bonchev–Trinajstić information content (AvgIpc) is 1.86. The zero-order valence-electron chi connectivity index (χ0n) is 6.10. The minimum Gasteiger partial charge on any atom is -0.189 e. The summed E-state index contributed by atoms with van der Waals surface area (Å²) >= 11 is 0. The molecular formula is C7H10O3P+. The van der Waals surface area contributed by atoms with Crippen molar-refractivity contribution in [3.8, 4) is 0 Å². The van der Waals surface area contributed by atoms with E-state index in [1.807, 2.05) is 6.92 Å². The molecule has 1 rings (SSSR count). The first-order valence-corrected chi connectivity index (χ1v) is 4.79. The molecule has 0 spiro atoms. The number of rotatable bonds is 1. The predicted octanol–water partition coefficient (Wildman–Crippen LogP) is 0.360. The van der Waals surface area contributed by atoms with Crippen LogP contribution in [0.5, 0.6) is 0 Å². The molecule has 0 fully saturated rings. The van der Waals surface area contributed by atoms with Crippen molar-refractivity contribution in [2.24, 2.45) is 0 Å². The fraction of sp³-hybridized carbons (Fsp3) is 0.143. The second-order valence-electron chi connectivity index (χ2n) is 2.40. The topological polar surface area (TPSA) is 60.7 Å². The van der Waals surface area contributed by atoms with Crippen LogP contribution in [0.15, 0.2) is 24.3 Å². The highest BCUT2D eigenvalue weighted by atomic mass is 31.2. The first-order chi connectivity index (χ1) is 5.00. The minimum absolute atomic E-state index is 0.183. The van der Waals surface area contributed by atoms with Crippen molar-refractivity contribution >= 4 is 13.2 Å². The molecule has 0 aromatic heterocycles. The number of hydrogen-bond donors (Lipinski definition) is 3. The van der Waals surface area contributed by atoms with Crippen molar-refractivity contribution in [3.63, 3.8) is 0 Å². The van der Waals surface area contributed by atoms with E-state index < -0.39 is 7.94 Å². The highest BCUT2D eigenvalue weighted by Crippen LogP contribution is 2.42. The zero-order chi connectivity index (χ0) is 8.48. The summed E-state index contributed by atoms with van der Waals surface area (Å²) in [6.07, 6.45) is 0. The molecule has 0 aliphatic carbocycles. The smallest absolute Gasteiger partial charge is 0.189 e. The van der Waals surface area contributed by atoms with E-state index >= 15 is 0 Å². The Bertz CT molecular complexity index is 237. The Kier molecular flexibility index (Phi) is 2.25. The van der Waals surface area contributed by atoms with Gasteiger partial charge in [-0.15, -0.1) is 0 Å². The van der Waals surface area contributed by atoms with E-state index in [2.05, 4.69) is 0 Å². The predicted molar refractivity (Wildman–Crippen MR) is 44.4 cm³/mol. The van der Waals surface area contributed by atoms with Gasteiger partial charge in [-0.05, 0) is 19.1 Å². The minimum atomic E-state index is -3.79. The van der Waals surface area contributed by atoms with Gasteiger partial charge in [0.2, 0.25) is 0 Å². The maximum Gasteiger partial charge on any atom is 0.440 e. The first-order valence-electron chi connectivity index (χ1n) is 3.14. The average molecular weight is 173 g/mol. The van der Waals surface area contributed by atoms with Gasteiger partial charge >= 0.3 is 7.94 Å². The molecule has 1 aromatic carbocycles. The van der Waals surface area contributed by atoms with Crippen LogP contribution in [0.25, 0.3) is 0 Å². The quantitative estimate of drug-likeness (QED) is 0.537. The van der Waals surface area contributed by atoms with Crippen LogP contribution < -0.4 is 5.30 Å². The third-order valence-corrected chi connectivity index (χ3v) is 2.37. The molecule has 0 radical (unpaired) electrons. The number of hydrogen-bond acceptors (Lipinski definition) is 3. The van der Waals surface area contributed by atoms with Crippen LogP contribution >= 0.6 is 7.94 Å². The molecule has 11 heavy (non-hydrogen) atoms. The van der Waals surface area contributed by atoms with Crippen molar-refractivity contribution < 1.29 is 14.7 Å². The lowest BCUT2D eigenvalue weighted by Crippen LogP contribution is -2.08. The normalized spacial score (nSPS) is 11.6. The summed E-state index contributed by atoms with van der Waals surface area (Å²) in [5, 5.41) is 0.183. The Labute approximate surface area is 65.5 Å². The molecule has 1 aromatic rings. The van der Waals surface area contributed by atoms with E-state index in [9.17, 15) is 0 Å². The van der Waals surface area contributed by atoms with Gasteiger partial charge in [0.15, 0.2) is 5.30 Å².